The first-order valence-corrected chi connectivity index (χ1v) is 10.7. The van der Waals surface area contributed by atoms with Crippen molar-refractivity contribution in [2.24, 2.45) is 0 Å². The van der Waals surface area contributed by atoms with Gasteiger partial charge in [0, 0.05) is 37.0 Å². The summed E-state index contributed by atoms with van der Waals surface area (Å²) in [6, 6.07) is 16.1. The van der Waals surface area contributed by atoms with Gasteiger partial charge in [-0.2, -0.15) is 0 Å². The molecule has 0 unspecified atom stereocenters. The molecule has 1 aromatic heterocycles. The first kappa shape index (κ1) is 18.8. The fraction of sp³-hybridized carbons (Fsp3) is 0.217. The van der Waals surface area contributed by atoms with Crippen molar-refractivity contribution in [3.8, 4) is 11.5 Å². The van der Waals surface area contributed by atoms with Crippen molar-refractivity contribution < 1.29 is 14.3 Å². The maximum atomic E-state index is 12.3. The van der Waals surface area contributed by atoms with Crippen LogP contribution in [0.2, 0.25) is 0 Å². The van der Waals surface area contributed by atoms with E-state index in [1.807, 2.05) is 24.3 Å². The summed E-state index contributed by atoms with van der Waals surface area (Å²) in [5, 5.41) is 3.55. The van der Waals surface area contributed by atoms with Crippen molar-refractivity contribution in [3.63, 3.8) is 0 Å². The van der Waals surface area contributed by atoms with Crippen molar-refractivity contribution in [3.05, 3.63) is 76.3 Å². The first-order chi connectivity index (χ1) is 14.7. The van der Waals surface area contributed by atoms with Gasteiger partial charge < -0.3 is 9.47 Å². The normalized spacial score (nSPS) is 15.3. The molecule has 0 saturated heterocycles. The maximum absolute atomic E-state index is 12.3. The quantitative estimate of drug-likeness (QED) is 0.632. The van der Waals surface area contributed by atoms with E-state index in [9.17, 15) is 4.79 Å². The predicted molar refractivity (Wildman–Crippen MR) is 117 cm³/mol. The van der Waals surface area contributed by atoms with Crippen molar-refractivity contribution in [1.29, 1.82) is 0 Å². The second-order valence-electron chi connectivity index (χ2n) is 7.27. The van der Waals surface area contributed by atoms with Gasteiger partial charge in [-0.25, -0.2) is 4.98 Å². The Morgan fingerprint density at radius 1 is 1.17 bits per heavy atom. The zero-order chi connectivity index (χ0) is 20.3. The fourth-order valence-corrected chi connectivity index (χ4v) is 4.67. The Balaban J connectivity index is 1.20. The number of carbonyl (C=O) groups excluding carboxylic acids is 1. The molecule has 0 spiro atoms. The van der Waals surface area contributed by atoms with Crippen LogP contribution in [0.1, 0.15) is 21.7 Å². The number of nitrogens with zero attached hydrogens (tertiary/aromatic N) is 2. The lowest BCUT2D eigenvalue weighted by molar-refractivity contribution is -0.111. The smallest absolute Gasteiger partial charge is 0.250 e. The number of nitrogens with one attached hydrogen (secondary N) is 1. The molecule has 0 aliphatic carbocycles. The molecule has 0 bridgehead atoms. The van der Waals surface area contributed by atoms with E-state index in [1.165, 1.54) is 16.5 Å². The van der Waals surface area contributed by atoms with E-state index >= 15 is 0 Å². The Morgan fingerprint density at radius 2 is 2.03 bits per heavy atom. The summed E-state index contributed by atoms with van der Waals surface area (Å²) in [4.78, 5) is 20.6. The number of rotatable bonds is 5. The molecule has 0 atom stereocenters. The molecule has 5 rings (SSSR count). The molecule has 2 aromatic carbocycles. The van der Waals surface area contributed by atoms with Crippen molar-refractivity contribution in [2.45, 2.75) is 19.5 Å². The zero-order valence-electron chi connectivity index (χ0n) is 16.3. The van der Waals surface area contributed by atoms with E-state index in [1.54, 1.807) is 17.4 Å². The first-order valence-electron chi connectivity index (χ1n) is 9.86. The maximum Gasteiger partial charge on any atom is 0.250 e. The number of hydrogen-bond donors (Lipinski definition) is 1. The lowest BCUT2D eigenvalue weighted by Crippen LogP contribution is -2.29. The van der Waals surface area contributed by atoms with Gasteiger partial charge in [-0.3, -0.25) is 15.0 Å². The topological polar surface area (TPSA) is 63.7 Å². The Morgan fingerprint density at radius 3 is 2.93 bits per heavy atom. The molecule has 7 heteroatoms. The second kappa shape index (κ2) is 8.30. The number of carbonyl (C=O) groups is 1. The largest absolute Gasteiger partial charge is 0.454 e. The average molecular weight is 420 g/mol. The van der Waals surface area contributed by atoms with E-state index in [0.29, 0.717) is 10.9 Å². The SMILES string of the molecule is O=C(/C=C/c1ccc2c(c1)OCO2)Nc1nc2c(s1)CN(Cc1ccccc1)CC2. The minimum Gasteiger partial charge on any atom is -0.454 e. The third-order valence-corrected chi connectivity index (χ3v) is 6.11. The van der Waals surface area contributed by atoms with E-state index in [2.05, 4.69) is 39.5 Å². The molecule has 30 heavy (non-hydrogen) atoms. The van der Waals surface area contributed by atoms with Crippen molar-refractivity contribution in [2.75, 3.05) is 18.7 Å². The number of anilines is 1. The molecule has 0 fully saturated rings. The highest BCUT2D eigenvalue weighted by Gasteiger charge is 2.21. The standard InChI is InChI=1S/C23H21N3O3S/c27-22(9-7-16-6-8-19-20(12-16)29-15-28-19)25-23-24-18-10-11-26(14-21(18)30-23)13-17-4-2-1-3-5-17/h1-9,12H,10-11,13-15H2,(H,24,25,27)/b9-7+. The third kappa shape index (κ3) is 4.22. The van der Waals surface area contributed by atoms with Gasteiger partial charge in [0.1, 0.15) is 0 Å². The number of amides is 1. The van der Waals surface area contributed by atoms with Crippen LogP contribution >= 0.6 is 11.3 Å². The molecule has 0 saturated carbocycles. The van der Waals surface area contributed by atoms with Crippen LogP contribution in [0.15, 0.2) is 54.6 Å². The van der Waals surface area contributed by atoms with Crippen LogP contribution in [-0.4, -0.2) is 29.1 Å². The van der Waals surface area contributed by atoms with Gasteiger partial charge in [0.05, 0.1) is 5.69 Å². The fourth-order valence-electron chi connectivity index (χ4n) is 3.61. The van der Waals surface area contributed by atoms with Crippen LogP contribution in [0, 0.1) is 0 Å². The molecule has 3 heterocycles. The third-order valence-electron chi connectivity index (χ3n) is 5.11. The molecule has 0 radical (unpaired) electrons. The van der Waals surface area contributed by atoms with Crippen molar-refractivity contribution >= 4 is 28.5 Å². The Bertz CT molecular complexity index is 1090. The van der Waals surface area contributed by atoms with Crippen molar-refractivity contribution in [1.82, 2.24) is 9.88 Å². The summed E-state index contributed by atoms with van der Waals surface area (Å²) >= 11 is 1.56. The van der Waals surface area contributed by atoms with Crippen LogP contribution in [0.5, 0.6) is 11.5 Å². The highest BCUT2D eigenvalue weighted by atomic mass is 32.1. The van der Waals surface area contributed by atoms with Crippen LogP contribution in [0.3, 0.4) is 0 Å². The summed E-state index contributed by atoms with van der Waals surface area (Å²) in [5.74, 6) is 1.23. The van der Waals surface area contributed by atoms with Crippen LogP contribution in [0.4, 0.5) is 5.13 Å². The zero-order valence-corrected chi connectivity index (χ0v) is 17.2. The number of ether oxygens (including phenoxy) is 2. The Kier molecular flexibility index (Phi) is 5.21. The minimum atomic E-state index is -0.195. The predicted octanol–water partition coefficient (Wildman–Crippen LogP) is 4.08. The van der Waals surface area contributed by atoms with Gasteiger partial charge in [0.25, 0.3) is 0 Å². The molecule has 6 nitrogen and oxygen atoms in total. The molecule has 152 valence electrons. The Labute approximate surface area is 178 Å². The molecular formula is C23H21N3O3S. The summed E-state index contributed by atoms with van der Waals surface area (Å²) in [6.07, 6.45) is 4.17. The van der Waals surface area contributed by atoms with E-state index < -0.39 is 0 Å². The van der Waals surface area contributed by atoms with Crippen LogP contribution in [-0.2, 0) is 24.3 Å². The molecule has 2 aliphatic heterocycles. The summed E-state index contributed by atoms with van der Waals surface area (Å²) in [7, 11) is 0. The molecule has 1 amide bonds. The number of hydrogen-bond acceptors (Lipinski definition) is 6. The molecular weight excluding hydrogens is 398 g/mol. The highest BCUT2D eigenvalue weighted by molar-refractivity contribution is 7.15. The number of thiazole rings is 1. The number of fused-ring (bicyclic) bond motifs is 2. The molecule has 3 aromatic rings. The lowest BCUT2D eigenvalue weighted by atomic mass is 10.1. The van der Waals surface area contributed by atoms with Gasteiger partial charge >= 0.3 is 0 Å². The van der Waals surface area contributed by atoms with E-state index in [0.717, 1.165) is 43.1 Å². The summed E-state index contributed by atoms with van der Waals surface area (Å²) < 4.78 is 10.7. The van der Waals surface area contributed by atoms with Gasteiger partial charge in [-0.05, 0) is 29.3 Å². The highest BCUT2D eigenvalue weighted by Crippen LogP contribution is 2.33. The lowest BCUT2D eigenvalue weighted by Gasteiger charge is -2.25. The Hall–Kier alpha value is -3.16. The number of aromatic nitrogens is 1. The van der Waals surface area contributed by atoms with Crippen LogP contribution < -0.4 is 14.8 Å². The van der Waals surface area contributed by atoms with Gasteiger partial charge in [-0.15, -0.1) is 11.3 Å². The minimum absolute atomic E-state index is 0.195. The molecule has 1 N–H and O–H groups in total. The molecule has 2 aliphatic rings. The number of benzene rings is 2. The summed E-state index contributed by atoms with van der Waals surface area (Å²) in [6.45, 7) is 3.01. The van der Waals surface area contributed by atoms with Gasteiger partial charge in [-0.1, -0.05) is 36.4 Å². The van der Waals surface area contributed by atoms with E-state index in [-0.39, 0.29) is 12.7 Å². The van der Waals surface area contributed by atoms with Crippen LogP contribution in [0.25, 0.3) is 6.08 Å². The average Bonchev–Trinajstić information content (AvgIpc) is 3.38. The second-order valence-corrected chi connectivity index (χ2v) is 8.35. The van der Waals surface area contributed by atoms with Gasteiger partial charge in [0.15, 0.2) is 16.6 Å². The summed E-state index contributed by atoms with van der Waals surface area (Å²) in [5.41, 5.74) is 3.29. The van der Waals surface area contributed by atoms with E-state index in [4.69, 9.17) is 9.47 Å². The van der Waals surface area contributed by atoms with Gasteiger partial charge in [0.2, 0.25) is 12.7 Å². The monoisotopic (exact) mass is 419 g/mol.